The summed E-state index contributed by atoms with van der Waals surface area (Å²) >= 11 is 0. The van der Waals surface area contributed by atoms with E-state index >= 15 is 0 Å². The first kappa shape index (κ1) is 14.1. The van der Waals surface area contributed by atoms with Crippen molar-refractivity contribution in [2.24, 2.45) is 12.1 Å². The van der Waals surface area contributed by atoms with E-state index in [4.69, 9.17) is 15.3 Å². The lowest BCUT2D eigenvalue weighted by Gasteiger charge is -2.10. The minimum Gasteiger partial charge on any atom is -0.485 e. The van der Waals surface area contributed by atoms with Crippen LogP contribution >= 0.6 is 0 Å². The van der Waals surface area contributed by atoms with E-state index in [0.29, 0.717) is 18.0 Å². The normalized spacial score (nSPS) is 9.29. The third kappa shape index (κ3) is 3.58. The van der Waals surface area contributed by atoms with Gasteiger partial charge in [0, 0.05) is 13.2 Å². The predicted octanol–water partition coefficient (Wildman–Crippen LogP) is 1.81. The summed E-state index contributed by atoms with van der Waals surface area (Å²) in [5, 5.41) is 25.1. The van der Waals surface area contributed by atoms with Gasteiger partial charge in [0.15, 0.2) is 0 Å². The molecular weight excluding hydrogens is 268 g/mol. The van der Waals surface area contributed by atoms with Gasteiger partial charge in [0.2, 0.25) is 5.71 Å². The van der Waals surface area contributed by atoms with Gasteiger partial charge in [-0.05, 0) is 18.2 Å². The molecule has 7 nitrogen and oxygen atoms in total. The molecular formula is C14H12N6O. The van der Waals surface area contributed by atoms with Crippen molar-refractivity contribution in [1.82, 2.24) is 9.78 Å². The van der Waals surface area contributed by atoms with Crippen molar-refractivity contribution in [3.63, 3.8) is 0 Å². The zero-order valence-electron chi connectivity index (χ0n) is 11.3. The molecule has 0 bridgehead atoms. The van der Waals surface area contributed by atoms with E-state index in [-0.39, 0.29) is 5.71 Å². The Morgan fingerprint density at radius 2 is 2.10 bits per heavy atom. The SMILES string of the molecule is Cn1nccc1COc1ccccc1NN=C(C#N)C#N. The smallest absolute Gasteiger partial charge is 0.237 e. The lowest BCUT2D eigenvalue weighted by molar-refractivity contribution is 0.296. The Balaban J connectivity index is 2.11. The molecule has 104 valence electrons. The highest BCUT2D eigenvalue weighted by atomic mass is 16.5. The first-order chi connectivity index (χ1) is 10.2. The van der Waals surface area contributed by atoms with Gasteiger partial charge in [-0.1, -0.05) is 12.1 Å². The van der Waals surface area contributed by atoms with E-state index in [1.165, 1.54) is 0 Å². The molecule has 1 aromatic carbocycles. The van der Waals surface area contributed by atoms with Gasteiger partial charge in [-0.3, -0.25) is 10.1 Å². The molecule has 0 amide bonds. The summed E-state index contributed by atoms with van der Waals surface area (Å²) in [4.78, 5) is 0. The molecule has 0 fully saturated rings. The monoisotopic (exact) mass is 280 g/mol. The van der Waals surface area contributed by atoms with Gasteiger partial charge in [0.1, 0.15) is 24.5 Å². The summed E-state index contributed by atoms with van der Waals surface area (Å²) in [6, 6.07) is 12.3. The Morgan fingerprint density at radius 3 is 2.76 bits per heavy atom. The number of nitriles is 2. The van der Waals surface area contributed by atoms with Gasteiger partial charge in [0.25, 0.3) is 0 Å². The number of ether oxygens (including phenoxy) is 1. The van der Waals surface area contributed by atoms with Gasteiger partial charge in [-0.2, -0.15) is 20.7 Å². The summed E-state index contributed by atoms with van der Waals surface area (Å²) in [6.07, 6.45) is 1.69. The number of anilines is 1. The Bertz CT molecular complexity index is 718. The van der Waals surface area contributed by atoms with E-state index in [9.17, 15) is 0 Å². The van der Waals surface area contributed by atoms with Crippen LogP contribution in [0.5, 0.6) is 5.75 Å². The van der Waals surface area contributed by atoms with Crippen LogP contribution in [-0.2, 0) is 13.7 Å². The number of hydrazone groups is 1. The van der Waals surface area contributed by atoms with Crippen LogP contribution in [0.1, 0.15) is 5.69 Å². The summed E-state index contributed by atoms with van der Waals surface area (Å²) < 4.78 is 7.42. The topological polar surface area (TPSA) is 99.0 Å². The number of para-hydroxylation sites is 2. The minimum absolute atomic E-state index is 0.253. The highest BCUT2D eigenvalue weighted by Crippen LogP contribution is 2.24. The minimum atomic E-state index is -0.253. The maximum atomic E-state index is 8.65. The highest BCUT2D eigenvalue weighted by Gasteiger charge is 2.05. The van der Waals surface area contributed by atoms with Crippen LogP contribution in [0.2, 0.25) is 0 Å². The lowest BCUT2D eigenvalue weighted by Crippen LogP contribution is -2.04. The molecule has 1 heterocycles. The quantitative estimate of drug-likeness (QED) is 0.665. The second-order valence-corrected chi connectivity index (χ2v) is 4.03. The second-order valence-electron chi connectivity index (χ2n) is 4.03. The number of nitrogens with zero attached hydrogens (tertiary/aromatic N) is 5. The Labute approximate surface area is 121 Å². The van der Waals surface area contributed by atoms with Crippen LogP contribution in [-0.4, -0.2) is 15.5 Å². The summed E-state index contributed by atoms with van der Waals surface area (Å²) in [5.74, 6) is 0.567. The molecule has 2 aromatic rings. The van der Waals surface area contributed by atoms with Crippen LogP contribution in [0.25, 0.3) is 0 Å². The van der Waals surface area contributed by atoms with Crippen LogP contribution < -0.4 is 10.2 Å². The number of hydrogen-bond donors (Lipinski definition) is 1. The molecule has 0 spiro atoms. The van der Waals surface area contributed by atoms with Crippen LogP contribution in [0, 0.1) is 22.7 Å². The Morgan fingerprint density at radius 1 is 1.33 bits per heavy atom. The van der Waals surface area contributed by atoms with Crippen molar-refractivity contribution in [1.29, 1.82) is 10.5 Å². The van der Waals surface area contributed by atoms with Crippen molar-refractivity contribution in [2.45, 2.75) is 6.61 Å². The average Bonchev–Trinajstić information content (AvgIpc) is 2.92. The number of aryl methyl sites for hydroxylation is 1. The summed E-state index contributed by atoms with van der Waals surface area (Å²) in [6.45, 7) is 0.349. The lowest BCUT2D eigenvalue weighted by atomic mass is 10.3. The molecule has 0 radical (unpaired) electrons. The average molecular weight is 280 g/mol. The number of aromatic nitrogens is 2. The molecule has 1 aromatic heterocycles. The van der Waals surface area contributed by atoms with Gasteiger partial charge in [-0.25, -0.2) is 0 Å². The van der Waals surface area contributed by atoms with Crippen molar-refractivity contribution in [3.05, 3.63) is 42.2 Å². The largest absolute Gasteiger partial charge is 0.485 e. The molecule has 0 saturated carbocycles. The maximum Gasteiger partial charge on any atom is 0.237 e. The van der Waals surface area contributed by atoms with E-state index in [2.05, 4.69) is 15.6 Å². The van der Waals surface area contributed by atoms with Crippen molar-refractivity contribution in [2.75, 3.05) is 5.43 Å². The number of rotatable bonds is 5. The first-order valence-corrected chi connectivity index (χ1v) is 6.07. The standard InChI is InChI=1S/C14H12N6O/c1-20-12(6-7-17-20)10-21-14-5-3-2-4-13(14)19-18-11(8-15)9-16/h2-7,19H,10H2,1H3. The van der Waals surface area contributed by atoms with Crippen LogP contribution in [0.3, 0.4) is 0 Å². The highest BCUT2D eigenvalue weighted by molar-refractivity contribution is 6.10. The van der Waals surface area contributed by atoms with Crippen molar-refractivity contribution < 1.29 is 4.74 Å². The van der Waals surface area contributed by atoms with E-state index < -0.39 is 0 Å². The molecule has 0 atom stereocenters. The fraction of sp³-hybridized carbons (Fsp3) is 0.143. The van der Waals surface area contributed by atoms with Crippen LogP contribution in [0.15, 0.2) is 41.6 Å². The van der Waals surface area contributed by atoms with E-state index in [1.807, 2.05) is 19.2 Å². The molecule has 21 heavy (non-hydrogen) atoms. The number of hydrogen-bond acceptors (Lipinski definition) is 6. The van der Waals surface area contributed by atoms with Gasteiger partial charge >= 0.3 is 0 Å². The third-order valence-electron chi connectivity index (χ3n) is 2.69. The van der Waals surface area contributed by atoms with Gasteiger partial charge in [0.05, 0.1) is 11.4 Å². The Kier molecular flexibility index (Phi) is 4.52. The van der Waals surface area contributed by atoms with E-state index in [1.54, 1.807) is 41.2 Å². The maximum absolute atomic E-state index is 8.65. The fourth-order valence-electron chi connectivity index (χ4n) is 1.57. The van der Waals surface area contributed by atoms with Crippen molar-refractivity contribution >= 4 is 11.4 Å². The molecule has 0 aliphatic heterocycles. The van der Waals surface area contributed by atoms with E-state index in [0.717, 1.165) is 5.69 Å². The molecule has 7 heteroatoms. The van der Waals surface area contributed by atoms with Gasteiger partial charge in [-0.15, -0.1) is 0 Å². The summed E-state index contributed by atoms with van der Waals surface area (Å²) in [5.41, 5.74) is 3.89. The Hall–Kier alpha value is -3.32. The van der Waals surface area contributed by atoms with Crippen molar-refractivity contribution in [3.8, 4) is 17.9 Å². The number of benzene rings is 1. The molecule has 0 aliphatic carbocycles. The fourth-order valence-corrected chi connectivity index (χ4v) is 1.57. The molecule has 2 rings (SSSR count). The summed E-state index contributed by atoms with van der Waals surface area (Å²) in [7, 11) is 1.83. The predicted molar refractivity (Wildman–Crippen MR) is 76.3 cm³/mol. The molecule has 1 N–H and O–H groups in total. The molecule has 0 unspecified atom stereocenters. The number of nitrogens with one attached hydrogen (secondary N) is 1. The zero-order chi connectivity index (χ0) is 15.1. The van der Waals surface area contributed by atoms with Crippen LogP contribution in [0.4, 0.5) is 5.69 Å². The third-order valence-corrected chi connectivity index (χ3v) is 2.69. The first-order valence-electron chi connectivity index (χ1n) is 6.07. The zero-order valence-corrected chi connectivity index (χ0v) is 11.3. The van der Waals surface area contributed by atoms with Gasteiger partial charge < -0.3 is 4.74 Å². The molecule has 0 saturated heterocycles. The molecule has 0 aliphatic rings. The second kappa shape index (κ2) is 6.73.